The molecule has 0 aromatic rings. The lowest BCUT2D eigenvalue weighted by Gasteiger charge is -2.47. The molecule has 0 bridgehead atoms. The molecule has 12 heteroatoms. The van der Waals surface area contributed by atoms with Gasteiger partial charge in [0, 0.05) is 42.8 Å². The fraction of sp³-hybridized carbons (Fsp3) is 0.722. The van der Waals surface area contributed by atoms with Gasteiger partial charge in [0.25, 0.3) is 0 Å². The van der Waals surface area contributed by atoms with Gasteiger partial charge in [-0.25, -0.2) is 17.9 Å². The summed E-state index contributed by atoms with van der Waals surface area (Å²) in [5.74, 6) is -2.43. The smallest absolute Gasteiger partial charge is 0.353 e. The normalized spacial score (nSPS) is 32.1. The minimum Gasteiger partial charge on any atom is -0.477 e. The van der Waals surface area contributed by atoms with Gasteiger partial charge in [-0.2, -0.15) is 0 Å². The van der Waals surface area contributed by atoms with Crippen LogP contribution in [0.2, 0.25) is 0 Å². The first kappa shape index (κ1) is 23.0. The molecule has 3 aliphatic heterocycles. The molecular formula is C18H28N4O6S2. The van der Waals surface area contributed by atoms with Crippen molar-refractivity contribution in [1.29, 1.82) is 0 Å². The number of nitrogens with zero attached hydrogens (tertiary/aromatic N) is 2. The molecule has 6 atom stereocenters. The third-order valence-electron chi connectivity index (χ3n) is 5.85. The van der Waals surface area contributed by atoms with Crippen molar-refractivity contribution in [3.63, 3.8) is 0 Å². The Hall–Kier alpha value is -1.63. The van der Waals surface area contributed by atoms with Crippen molar-refractivity contribution in [2.75, 3.05) is 26.9 Å². The standard InChI is InChI=1S/C18H28N4O6S2/c1-8-13-12(9(2)20-30(5,27)28)17(24)22(13)14(18(25)26)15(8)29-10-6-11(19-7-10)16(23)21(3)4/h8-13,19-20H,6-7H2,1-5H3,(H,25,26)/t8-,9-,10+,11+,12-,13-/m1/s1. The van der Waals surface area contributed by atoms with Crippen molar-refractivity contribution in [3.8, 4) is 0 Å². The number of aliphatic carboxylic acids is 1. The molecule has 0 radical (unpaired) electrons. The van der Waals surface area contributed by atoms with Crippen LogP contribution >= 0.6 is 11.8 Å². The van der Waals surface area contributed by atoms with Gasteiger partial charge >= 0.3 is 5.97 Å². The summed E-state index contributed by atoms with van der Waals surface area (Å²) in [7, 11) is -0.115. The quantitative estimate of drug-likeness (QED) is 0.422. The molecule has 3 rings (SSSR count). The first-order chi connectivity index (χ1) is 13.8. The lowest BCUT2D eigenvalue weighted by Crippen LogP contribution is -2.66. The molecule has 30 heavy (non-hydrogen) atoms. The maximum atomic E-state index is 12.8. The predicted octanol–water partition coefficient (Wildman–Crippen LogP) is -0.751. The van der Waals surface area contributed by atoms with Crippen LogP contribution in [0.4, 0.5) is 0 Å². The maximum Gasteiger partial charge on any atom is 0.353 e. The number of nitrogens with one attached hydrogen (secondary N) is 2. The summed E-state index contributed by atoms with van der Waals surface area (Å²) in [5.41, 5.74) is -0.0207. The van der Waals surface area contributed by atoms with Crippen molar-refractivity contribution in [1.82, 2.24) is 19.8 Å². The Bertz CT molecular complexity index is 902. The highest BCUT2D eigenvalue weighted by Gasteiger charge is 2.60. The zero-order valence-electron chi connectivity index (χ0n) is 17.6. The van der Waals surface area contributed by atoms with E-state index in [-0.39, 0.29) is 34.7 Å². The molecule has 0 spiro atoms. The molecular weight excluding hydrogens is 432 g/mol. The number of rotatable bonds is 7. The minimum atomic E-state index is -3.50. The van der Waals surface area contributed by atoms with Gasteiger partial charge < -0.3 is 20.2 Å². The zero-order valence-corrected chi connectivity index (χ0v) is 19.2. The number of β-lactam (4-membered cyclic amide) rings is 1. The molecule has 10 nitrogen and oxygen atoms in total. The second kappa shape index (κ2) is 8.13. The van der Waals surface area contributed by atoms with Crippen molar-refractivity contribution < 1.29 is 27.9 Å². The highest BCUT2D eigenvalue weighted by molar-refractivity contribution is 8.03. The second-order valence-electron chi connectivity index (χ2n) is 8.38. The summed E-state index contributed by atoms with van der Waals surface area (Å²) >= 11 is 1.40. The van der Waals surface area contributed by atoms with E-state index in [2.05, 4.69) is 10.0 Å². The molecule has 2 saturated heterocycles. The maximum absolute atomic E-state index is 12.8. The minimum absolute atomic E-state index is 0.00419. The highest BCUT2D eigenvalue weighted by atomic mass is 32.2. The zero-order chi connectivity index (χ0) is 22.5. The van der Waals surface area contributed by atoms with Gasteiger partial charge in [0.05, 0.1) is 24.3 Å². The van der Waals surface area contributed by atoms with Crippen molar-refractivity contribution in [2.24, 2.45) is 11.8 Å². The average Bonchev–Trinajstić information content (AvgIpc) is 3.15. The summed E-state index contributed by atoms with van der Waals surface area (Å²) in [6.45, 7) is 4.05. The number of carboxylic acids is 1. The number of carbonyl (C=O) groups is 3. The lowest BCUT2D eigenvalue weighted by atomic mass is 9.78. The third-order valence-corrected chi connectivity index (χ3v) is 8.16. The van der Waals surface area contributed by atoms with Crippen LogP contribution < -0.4 is 10.0 Å². The summed E-state index contributed by atoms with van der Waals surface area (Å²) in [6.07, 6.45) is 1.60. The monoisotopic (exact) mass is 460 g/mol. The van der Waals surface area contributed by atoms with E-state index in [1.165, 1.54) is 21.6 Å². The fourth-order valence-electron chi connectivity index (χ4n) is 4.58. The van der Waals surface area contributed by atoms with Crippen LogP contribution in [-0.2, 0) is 24.4 Å². The van der Waals surface area contributed by atoms with Crippen LogP contribution in [0, 0.1) is 11.8 Å². The lowest BCUT2D eigenvalue weighted by molar-refractivity contribution is -0.157. The second-order valence-corrected chi connectivity index (χ2v) is 11.5. The molecule has 0 aliphatic carbocycles. The first-order valence-electron chi connectivity index (χ1n) is 9.72. The van der Waals surface area contributed by atoms with Gasteiger partial charge in [0.2, 0.25) is 21.8 Å². The van der Waals surface area contributed by atoms with Crippen LogP contribution in [0.3, 0.4) is 0 Å². The van der Waals surface area contributed by atoms with Crippen molar-refractivity contribution in [2.45, 2.75) is 43.6 Å². The number of likely N-dealkylation sites (N-methyl/N-ethyl adjacent to an activating group) is 1. The van der Waals surface area contributed by atoms with E-state index in [1.807, 2.05) is 6.92 Å². The number of hydrogen-bond acceptors (Lipinski definition) is 7. The summed E-state index contributed by atoms with van der Waals surface area (Å²) < 4.78 is 25.6. The number of thioether (sulfide) groups is 1. The van der Waals surface area contributed by atoms with E-state index < -0.39 is 34.0 Å². The number of carboxylic acid groups (broad SMARTS) is 1. The van der Waals surface area contributed by atoms with Gasteiger partial charge in [-0.3, -0.25) is 9.59 Å². The summed E-state index contributed by atoms with van der Waals surface area (Å²) in [5, 5.41) is 13.0. The van der Waals surface area contributed by atoms with Gasteiger partial charge in [-0.1, -0.05) is 6.92 Å². The molecule has 3 N–H and O–H groups in total. The largest absolute Gasteiger partial charge is 0.477 e. The number of fused-ring (bicyclic) bond motifs is 1. The molecule has 0 aromatic heterocycles. The third kappa shape index (κ3) is 4.10. The van der Waals surface area contributed by atoms with Crippen LogP contribution in [0.5, 0.6) is 0 Å². The van der Waals surface area contributed by atoms with Crippen LogP contribution in [0.15, 0.2) is 10.6 Å². The van der Waals surface area contributed by atoms with Crippen molar-refractivity contribution in [3.05, 3.63) is 10.6 Å². The molecule has 0 aromatic carbocycles. The number of amides is 2. The molecule has 168 valence electrons. The van der Waals surface area contributed by atoms with Gasteiger partial charge in [0.1, 0.15) is 5.70 Å². The van der Waals surface area contributed by atoms with Crippen molar-refractivity contribution >= 4 is 39.6 Å². The number of sulfonamides is 1. The van der Waals surface area contributed by atoms with E-state index in [4.69, 9.17) is 0 Å². The summed E-state index contributed by atoms with van der Waals surface area (Å²) in [6, 6.07) is -1.34. The van der Waals surface area contributed by atoms with E-state index >= 15 is 0 Å². The SMILES string of the molecule is C[C@@H](NS(C)(=O)=O)[C@H]1C(=O)N2C(C(=O)O)=C(S[C@@H]3CN[C@H](C(=O)N(C)C)C3)[C@H](C)[C@H]12. The fourth-order valence-corrected chi connectivity index (χ4v) is 6.88. The molecule has 3 heterocycles. The molecule has 2 fully saturated rings. The Labute approximate surface area is 180 Å². The van der Waals surface area contributed by atoms with E-state index in [0.29, 0.717) is 17.9 Å². The Kier molecular flexibility index (Phi) is 6.25. The first-order valence-corrected chi connectivity index (χ1v) is 12.5. The highest BCUT2D eigenvalue weighted by Crippen LogP contribution is 2.51. The van der Waals surface area contributed by atoms with Crippen LogP contribution in [0.1, 0.15) is 20.3 Å². The van der Waals surface area contributed by atoms with Gasteiger partial charge in [0.15, 0.2) is 0 Å². The summed E-state index contributed by atoms with van der Waals surface area (Å²) in [4.78, 5) is 40.4. The van der Waals surface area contributed by atoms with E-state index in [1.54, 1.807) is 21.0 Å². The van der Waals surface area contributed by atoms with Gasteiger partial charge in [-0.15, -0.1) is 11.8 Å². The molecule has 3 aliphatic rings. The van der Waals surface area contributed by atoms with Crippen LogP contribution in [-0.4, -0.2) is 91.4 Å². The molecule has 0 unspecified atom stereocenters. The van der Waals surface area contributed by atoms with E-state index in [9.17, 15) is 27.9 Å². The van der Waals surface area contributed by atoms with E-state index in [0.717, 1.165) is 6.26 Å². The van der Waals surface area contributed by atoms with Gasteiger partial charge in [-0.05, 0) is 13.3 Å². The van der Waals surface area contributed by atoms with Crippen LogP contribution in [0.25, 0.3) is 0 Å². The Morgan fingerprint density at radius 1 is 1.37 bits per heavy atom. The number of carbonyl (C=O) groups excluding carboxylic acids is 2. The Balaban J connectivity index is 1.78. The number of hydrogen-bond donors (Lipinski definition) is 3. The predicted molar refractivity (Wildman–Crippen MR) is 112 cm³/mol. The Morgan fingerprint density at radius 3 is 2.53 bits per heavy atom. The molecule has 2 amide bonds. The topological polar surface area (TPSA) is 136 Å². The Morgan fingerprint density at radius 2 is 2.00 bits per heavy atom. The molecule has 0 saturated carbocycles. The average molecular weight is 461 g/mol.